The molecule has 1 aromatic heterocycles. The fraction of sp³-hybridized carbons (Fsp3) is 0. The number of rotatable bonds is 7. The van der Waals surface area contributed by atoms with Gasteiger partial charge in [-0.3, -0.25) is 0 Å². The minimum absolute atomic E-state index is 1.09. The van der Waals surface area contributed by atoms with Gasteiger partial charge in [-0.1, -0.05) is 200 Å². The predicted molar refractivity (Wildman–Crippen MR) is 282 cm³/mol. The summed E-state index contributed by atoms with van der Waals surface area (Å²) in [5, 5.41) is 12.5. The molecule has 308 valence electrons. The van der Waals surface area contributed by atoms with Crippen LogP contribution in [-0.4, -0.2) is 4.57 Å². The lowest BCUT2D eigenvalue weighted by Crippen LogP contribution is -2.10. The molecule has 0 aliphatic heterocycles. The first-order chi connectivity index (χ1) is 32.7. The van der Waals surface area contributed by atoms with Crippen LogP contribution in [-0.2, 0) is 0 Å². The molecule has 0 atom stereocenters. The minimum atomic E-state index is 1.09. The fourth-order valence-electron chi connectivity index (χ4n) is 10.4. The monoisotopic (exact) mass is 838 g/mol. The lowest BCUT2D eigenvalue weighted by molar-refractivity contribution is 1.19. The molecule has 0 amide bonds. The molecule has 12 aromatic carbocycles. The van der Waals surface area contributed by atoms with Crippen molar-refractivity contribution >= 4 is 82.0 Å². The second-order valence-electron chi connectivity index (χ2n) is 17.3. The topological polar surface area (TPSA) is 8.17 Å². The van der Waals surface area contributed by atoms with Crippen molar-refractivity contribution in [1.29, 1.82) is 0 Å². The van der Waals surface area contributed by atoms with Crippen LogP contribution in [0.3, 0.4) is 0 Å². The SMILES string of the molecule is c1ccc(-c2ccc(N(c3ccc(-c4ccccc4)cc3)c3cc4ccccc4c4c3c3ccc(-c5ccc6c7ccccc7c7ccccc7c6c5)cc3n4-c3ccccc3)cc2)cc1. The van der Waals surface area contributed by atoms with Crippen LogP contribution < -0.4 is 4.90 Å². The van der Waals surface area contributed by atoms with Crippen molar-refractivity contribution < 1.29 is 0 Å². The molecule has 13 aromatic rings. The number of benzene rings is 12. The van der Waals surface area contributed by atoms with Crippen molar-refractivity contribution in [3.63, 3.8) is 0 Å². The van der Waals surface area contributed by atoms with Gasteiger partial charge in [-0.2, -0.15) is 0 Å². The van der Waals surface area contributed by atoms with E-state index in [0.717, 1.165) is 28.3 Å². The molecular formula is C64H42N2. The van der Waals surface area contributed by atoms with Crippen molar-refractivity contribution in [1.82, 2.24) is 4.57 Å². The predicted octanol–water partition coefficient (Wildman–Crippen LogP) is 17.9. The molecule has 13 rings (SSSR count). The zero-order valence-electron chi connectivity index (χ0n) is 36.1. The second-order valence-corrected chi connectivity index (χ2v) is 17.3. The Morgan fingerprint density at radius 3 is 1.24 bits per heavy atom. The Morgan fingerprint density at radius 2 is 0.682 bits per heavy atom. The van der Waals surface area contributed by atoms with Gasteiger partial charge in [0.2, 0.25) is 0 Å². The van der Waals surface area contributed by atoms with Crippen LogP contribution >= 0.6 is 0 Å². The van der Waals surface area contributed by atoms with Crippen LogP contribution in [0.25, 0.3) is 104 Å². The Bertz CT molecular complexity index is 3830. The molecule has 0 bridgehead atoms. The summed E-state index contributed by atoms with van der Waals surface area (Å²) in [5.41, 5.74) is 13.9. The third kappa shape index (κ3) is 6.18. The molecule has 0 N–H and O–H groups in total. The third-order valence-corrected chi connectivity index (χ3v) is 13.5. The molecule has 66 heavy (non-hydrogen) atoms. The van der Waals surface area contributed by atoms with E-state index in [1.165, 1.54) is 92.8 Å². The fourth-order valence-corrected chi connectivity index (χ4v) is 10.4. The maximum atomic E-state index is 2.50. The average molecular weight is 839 g/mol. The van der Waals surface area contributed by atoms with Gasteiger partial charge in [-0.15, -0.1) is 0 Å². The molecule has 2 heteroatoms. The van der Waals surface area contributed by atoms with Crippen LogP contribution in [0.2, 0.25) is 0 Å². The van der Waals surface area contributed by atoms with Gasteiger partial charge in [0.05, 0.1) is 16.7 Å². The van der Waals surface area contributed by atoms with E-state index in [0.29, 0.717) is 0 Å². The first-order valence-corrected chi connectivity index (χ1v) is 22.8. The molecule has 2 nitrogen and oxygen atoms in total. The Morgan fingerprint density at radius 1 is 0.273 bits per heavy atom. The number of para-hydroxylation sites is 1. The smallest absolute Gasteiger partial charge is 0.0640 e. The van der Waals surface area contributed by atoms with Crippen molar-refractivity contribution in [3.05, 3.63) is 255 Å². The molecule has 0 aliphatic rings. The van der Waals surface area contributed by atoms with Crippen LogP contribution in [0.15, 0.2) is 255 Å². The summed E-state index contributed by atoms with van der Waals surface area (Å²) in [4.78, 5) is 2.46. The van der Waals surface area contributed by atoms with Gasteiger partial charge in [0, 0.05) is 33.2 Å². The van der Waals surface area contributed by atoms with Crippen LogP contribution in [0, 0.1) is 0 Å². The highest BCUT2D eigenvalue weighted by atomic mass is 15.1. The largest absolute Gasteiger partial charge is 0.310 e. The minimum Gasteiger partial charge on any atom is -0.310 e. The quantitative estimate of drug-likeness (QED) is 0.145. The molecule has 0 saturated heterocycles. The number of hydrogen-bond donors (Lipinski definition) is 0. The van der Waals surface area contributed by atoms with E-state index in [4.69, 9.17) is 0 Å². The maximum absolute atomic E-state index is 2.50. The zero-order valence-corrected chi connectivity index (χ0v) is 36.1. The summed E-state index contributed by atoms with van der Waals surface area (Å²) < 4.78 is 2.50. The van der Waals surface area contributed by atoms with Gasteiger partial charge >= 0.3 is 0 Å². The van der Waals surface area contributed by atoms with Crippen LogP contribution in [0.1, 0.15) is 0 Å². The van der Waals surface area contributed by atoms with E-state index < -0.39 is 0 Å². The van der Waals surface area contributed by atoms with E-state index >= 15 is 0 Å². The molecule has 0 fully saturated rings. The first kappa shape index (κ1) is 37.8. The number of nitrogens with zero attached hydrogens (tertiary/aromatic N) is 2. The summed E-state index contributed by atoms with van der Waals surface area (Å²) >= 11 is 0. The van der Waals surface area contributed by atoms with E-state index in [1.807, 2.05) is 0 Å². The molecular weight excluding hydrogens is 797 g/mol. The number of hydrogen-bond acceptors (Lipinski definition) is 1. The molecule has 0 spiro atoms. The summed E-state index contributed by atoms with van der Waals surface area (Å²) in [6.45, 7) is 0. The van der Waals surface area contributed by atoms with Gasteiger partial charge in [-0.05, 0) is 126 Å². The molecule has 0 aliphatic carbocycles. The van der Waals surface area contributed by atoms with E-state index in [2.05, 4.69) is 264 Å². The second kappa shape index (κ2) is 15.5. The van der Waals surface area contributed by atoms with Crippen molar-refractivity contribution in [3.8, 4) is 39.1 Å². The molecule has 0 unspecified atom stereocenters. The van der Waals surface area contributed by atoms with Crippen LogP contribution in [0.5, 0.6) is 0 Å². The lowest BCUT2D eigenvalue weighted by Gasteiger charge is -2.27. The average Bonchev–Trinajstić information content (AvgIpc) is 3.75. The Balaban J connectivity index is 1.08. The molecule has 1 heterocycles. The first-order valence-electron chi connectivity index (χ1n) is 22.8. The highest BCUT2D eigenvalue weighted by Crippen LogP contribution is 2.48. The van der Waals surface area contributed by atoms with Crippen LogP contribution in [0.4, 0.5) is 17.1 Å². The van der Waals surface area contributed by atoms with E-state index in [9.17, 15) is 0 Å². The van der Waals surface area contributed by atoms with Gasteiger partial charge in [-0.25, -0.2) is 0 Å². The van der Waals surface area contributed by atoms with Gasteiger partial charge in [0.15, 0.2) is 0 Å². The van der Waals surface area contributed by atoms with E-state index in [1.54, 1.807) is 0 Å². The maximum Gasteiger partial charge on any atom is 0.0640 e. The van der Waals surface area contributed by atoms with Crippen molar-refractivity contribution in [2.45, 2.75) is 0 Å². The summed E-state index contributed by atoms with van der Waals surface area (Å²) in [5.74, 6) is 0. The van der Waals surface area contributed by atoms with Gasteiger partial charge in [0.1, 0.15) is 0 Å². The third-order valence-electron chi connectivity index (χ3n) is 13.5. The Hall–Kier alpha value is -8.72. The number of aromatic nitrogens is 1. The standard InChI is InChI=1S/C64H42N2/c1-4-16-43(17-5-1)45-28-34-51(35-29-45)65(52-36-30-46(31-37-52)44-18-6-2-7-19-44)62-42-49-20-10-11-23-53(49)64-63(62)59-39-33-48(41-61(59)66(64)50-21-8-3-9-22-50)47-32-38-58-56-26-13-12-24-54(56)55-25-14-15-27-57(55)60(58)40-47/h1-42H. The lowest BCUT2D eigenvalue weighted by atomic mass is 9.92. The zero-order chi connectivity index (χ0) is 43.6. The highest BCUT2D eigenvalue weighted by Gasteiger charge is 2.24. The number of anilines is 3. The molecule has 0 saturated carbocycles. The summed E-state index contributed by atoms with van der Waals surface area (Å²) in [6.07, 6.45) is 0. The van der Waals surface area contributed by atoms with Crippen molar-refractivity contribution in [2.24, 2.45) is 0 Å². The Labute approximate surface area is 383 Å². The Kier molecular flexibility index (Phi) is 8.89. The normalized spacial score (nSPS) is 11.6. The summed E-state index contributed by atoms with van der Waals surface area (Å²) in [7, 11) is 0. The van der Waals surface area contributed by atoms with Crippen molar-refractivity contribution in [2.75, 3.05) is 4.90 Å². The molecule has 0 radical (unpaired) electrons. The highest BCUT2D eigenvalue weighted by molar-refractivity contribution is 6.27. The summed E-state index contributed by atoms with van der Waals surface area (Å²) in [6, 6.07) is 93.3. The van der Waals surface area contributed by atoms with Gasteiger partial charge in [0.25, 0.3) is 0 Å². The number of fused-ring (bicyclic) bond motifs is 11. The van der Waals surface area contributed by atoms with E-state index in [-0.39, 0.29) is 0 Å². The van der Waals surface area contributed by atoms with Gasteiger partial charge < -0.3 is 9.47 Å².